The highest BCUT2D eigenvalue weighted by molar-refractivity contribution is 6.01. The number of anilines is 1. The van der Waals surface area contributed by atoms with E-state index < -0.39 is 29.8 Å². The second-order valence-corrected chi connectivity index (χ2v) is 7.62. The van der Waals surface area contributed by atoms with Gasteiger partial charge < -0.3 is 15.5 Å². The summed E-state index contributed by atoms with van der Waals surface area (Å²) in [5.74, 6) is -1.97. The van der Waals surface area contributed by atoms with Crippen LogP contribution in [0.25, 0.3) is 0 Å². The van der Waals surface area contributed by atoms with Crippen LogP contribution in [0.5, 0.6) is 0 Å². The lowest BCUT2D eigenvalue weighted by atomic mass is 10.1. The van der Waals surface area contributed by atoms with Crippen LogP contribution in [0.2, 0.25) is 0 Å². The number of fused-ring (bicyclic) bond motifs is 2. The number of amides is 2. The number of piperazine rings is 1. The molecule has 2 amide bonds. The topological polar surface area (TPSA) is 93.7 Å². The van der Waals surface area contributed by atoms with Crippen molar-refractivity contribution in [1.29, 1.82) is 5.26 Å². The number of rotatable bonds is 4. The molecule has 3 fully saturated rings. The Morgan fingerprint density at radius 1 is 1.32 bits per heavy atom. The lowest BCUT2D eigenvalue weighted by molar-refractivity contribution is -0.134. The maximum Gasteiger partial charge on any atom is 0.244 e. The lowest BCUT2D eigenvalue weighted by Gasteiger charge is -2.35. The highest BCUT2D eigenvalue weighted by Crippen LogP contribution is 2.36. The first-order valence-electron chi connectivity index (χ1n) is 9.38. The molecule has 3 heterocycles. The van der Waals surface area contributed by atoms with Gasteiger partial charge in [-0.3, -0.25) is 14.5 Å². The van der Waals surface area contributed by atoms with E-state index in [0.717, 1.165) is 24.6 Å². The summed E-state index contributed by atoms with van der Waals surface area (Å²) in [7, 11) is 0. The van der Waals surface area contributed by atoms with Crippen molar-refractivity contribution in [1.82, 2.24) is 9.80 Å². The molecule has 4 atom stereocenters. The van der Waals surface area contributed by atoms with Gasteiger partial charge in [0.25, 0.3) is 0 Å². The number of likely N-dealkylation sites (tertiary alicyclic amines) is 2. The maximum atomic E-state index is 13.5. The largest absolute Gasteiger partial charge is 0.325 e. The molecule has 0 saturated carbocycles. The van der Waals surface area contributed by atoms with Crippen LogP contribution < -0.4 is 10.6 Å². The number of nitriles is 1. The first-order valence-corrected chi connectivity index (χ1v) is 9.38. The molecule has 3 aliphatic heterocycles. The SMILES string of the molecule is N#C[C@@H]1CCCN1C(=O)[C@@H](N)CN1CC2C[C@@H]1C(=O)N2c1cc(F)cc(F)c1. The number of halogens is 2. The van der Waals surface area contributed by atoms with Gasteiger partial charge in [0.15, 0.2) is 0 Å². The van der Waals surface area contributed by atoms with Crippen molar-refractivity contribution in [2.75, 3.05) is 24.5 Å². The van der Waals surface area contributed by atoms with Gasteiger partial charge in [-0.1, -0.05) is 0 Å². The van der Waals surface area contributed by atoms with Crippen LogP contribution in [0.1, 0.15) is 19.3 Å². The number of hydrogen-bond acceptors (Lipinski definition) is 5. The van der Waals surface area contributed by atoms with Crippen LogP contribution in [0.4, 0.5) is 14.5 Å². The van der Waals surface area contributed by atoms with Gasteiger partial charge in [-0.05, 0) is 31.4 Å². The van der Waals surface area contributed by atoms with Crippen molar-refractivity contribution in [2.45, 2.75) is 43.4 Å². The molecule has 0 spiro atoms. The number of carbonyl (C=O) groups excluding carboxylic acids is 2. The molecule has 7 nitrogen and oxygen atoms in total. The summed E-state index contributed by atoms with van der Waals surface area (Å²) in [6.07, 6.45) is 1.96. The van der Waals surface area contributed by atoms with Crippen molar-refractivity contribution in [3.05, 3.63) is 29.8 Å². The monoisotopic (exact) mass is 389 g/mol. The van der Waals surface area contributed by atoms with E-state index in [4.69, 9.17) is 11.0 Å². The van der Waals surface area contributed by atoms with Crippen LogP contribution in [-0.4, -0.2) is 65.4 Å². The summed E-state index contributed by atoms with van der Waals surface area (Å²) in [6.45, 7) is 1.22. The van der Waals surface area contributed by atoms with Gasteiger partial charge in [0.2, 0.25) is 11.8 Å². The first kappa shape index (κ1) is 18.8. The van der Waals surface area contributed by atoms with E-state index in [1.165, 1.54) is 9.80 Å². The van der Waals surface area contributed by atoms with E-state index in [-0.39, 0.29) is 30.1 Å². The average molecular weight is 389 g/mol. The Balaban J connectivity index is 1.43. The van der Waals surface area contributed by atoms with Crippen LogP contribution in [0.15, 0.2) is 18.2 Å². The third-order valence-electron chi connectivity index (χ3n) is 5.83. The zero-order valence-corrected chi connectivity index (χ0v) is 15.2. The van der Waals surface area contributed by atoms with E-state index in [1.54, 1.807) is 0 Å². The fraction of sp³-hybridized carbons (Fsp3) is 0.526. The van der Waals surface area contributed by atoms with Crippen molar-refractivity contribution in [3.8, 4) is 6.07 Å². The number of carbonyl (C=O) groups is 2. The van der Waals surface area contributed by atoms with E-state index >= 15 is 0 Å². The summed E-state index contributed by atoms with van der Waals surface area (Å²) < 4.78 is 27.1. The predicted molar refractivity (Wildman–Crippen MR) is 95.9 cm³/mol. The number of hydrogen-bond donors (Lipinski definition) is 1. The maximum absolute atomic E-state index is 13.5. The first-order chi connectivity index (χ1) is 13.4. The van der Waals surface area contributed by atoms with Gasteiger partial charge >= 0.3 is 0 Å². The normalized spacial score (nSPS) is 28.1. The van der Waals surface area contributed by atoms with Gasteiger partial charge in [0.05, 0.1) is 24.2 Å². The molecular formula is C19H21F2N5O2. The number of benzene rings is 1. The van der Waals surface area contributed by atoms with Crippen LogP contribution in [0, 0.1) is 23.0 Å². The average Bonchev–Trinajstić information content (AvgIpc) is 3.34. The van der Waals surface area contributed by atoms with Crippen molar-refractivity contribution in [2.24, 2.45) is 5.73 Å². The minimum atomic E-state index is -0.818. The summed E-state index contributed by atoms with van der Waals surface area (Å²) in [5, 5.41) is 9.15. The molecule has 1 aromatic carbocycles. The van der Waals surface area contributed by atoms with Gasteiger partial charge in [0, 0.05) is 31.4 Å². The quantitative estimate of drug-likeness (QED) is 0.814. The third kappa shape index (κ3) is 3.12. The van der Waals surface area contributed by atoms with Crippen molar-refractivity contribution in [3.63, 3.8) is 0 Å². The Kier molecular flexibility index (Phi) is 4.77. The molecule has 0 radical (unpaired) electrons. The Morgan fingerprint density at radius 3 is 2.68 bits per heavy atom. The standard InChI is InChI=1S/C19H21F2N5O2/c20-11-4-12(21)6-14(5-11)26-15-7-17(19(26)28)24(9-15)10-16(23)18(27)25-3-1-2-13(25)8-22/h4-6,13,15-17H,1-3,7,9-10,23H2/t13-,15?,16-,17+/m0/s1. The smallest absolute Gasteiger partial charge is 0.244 e. The van der Waals surface area contributed by atoms with Gasteiger partial charge in [-0.15, -0.1) is 0 Å². The molecule has 9 heteroatoms. The highest BCUT2D eigenvalue weighted by Gasteiger charge is 2.50. The Bertz CT molecular complexity index is 837. The predicted octanol–water partition coefficient (Wildman–Crippen LogP) is 0.596. The van der Waals surface area contributed by atoms with Crippen molar-refractivity contribution >= 4 is 17.5 Å². The minimum Gasteiger partial charge on any atom is -0.325 e. The molecule has 0 aromatic heterocycles. The molecule has 3 aliphatic rings. The molecule has 148 valence electrons. The minimum absolute atomic E-state index is 0.209. The molecule has 4 rings (SSSR count). The Morgan fingerprint density at radius 2 is 2.04 bits per heavy atom. The summed E-state index contributed by atoms with van der Waals surface area (Å²) >= 11 is 0. The number of nitrogens with zero attached hydrogens (tertiary/aromatic N) is 4. The van der Waals surface area contributed by atoms with E-state index in [2.05, 4.69) is 6.07 Å². The van der Waals surface area contributed by atoms with Crippen LogP contribution in [-0.2, 0) is 9.59 Å². The Labute approximate surface area is 161 Å². The summed E-state index contributed by atoms with van der Waals surface area (Å²) in [6, 6.07) is 3.27. The molecule has 2 bridgehead atoms. The van der Waals surface area contributed by atoms with Gasteiger partial charge in [-0.25, -0.2) is 8.78 Å². The fourth-order valence-electron chi connectivity index (χ4n) is 4.59. The van der Waals surface area contributed by atoms with Crippen LogP contribution >= 0.6 is 0 Å². The van der Waals surface area contributed by atoms with Gasteiger partial charge in [-0.2, -0.15) is 5.26 Å². The Hall–Kier alpha value is -2.57. The fourth-order valence-corrected chi connectivity index (χ4v) is 4.59. The molecular weight excluding hydrogens is 368 g/mol. The highest BCUT2D eigenvalue weighted by atomic mass is 19.1. The summed E-state index contributed by atoms with van der Waals surface area (Å²) in [4.78, 5) is 30.2. The van der Waals surface area contributed by atoms with E-state index in [0.29, 0.717) is 25.9 Å². The molecule has 1 unspecified atom stereocenters. The second-order valence-electron chi connectivity index (χ2n) is 7.62. The zero-order chi connectivity index (χ0) is 20.0. The zero-order valence-electron chi connectivity index (χ0n) is 15.2. The van der Waals surface area contributed by atoms with Crippen molar-refractivity contribution < 1.29 is 18.4 Å². The third-order valence-corrected chi connectivity index (χ3v) is 5.83. The number of nitrogens with two attached hydrogens (primary N) is 1. The lowest BCUT2D eigenvalue weighted by Crippen LogP contribution is -2.56. The van der Waals surface area contributed by atoms with E-state index in [1.807, 2.05) is 4.90 Å². The van der Waals surface area contributed by atoms with Gasteiger partial charge in [0.1, 0.15) is 17.7 Å². The second kappa shape index (κ2) is 7.11. The van der Waals surface area contributed by atoms with E-state index in [9.17, 15) is 18.4 Å². The van der Waals surface area contributed by atoms with Crippen LogP contribution in [0.3, 0.4) is 0 Å². The molecule has 0 aliphatic carbocycles. The molecule has 28 heavy (non-hydrogen) atoms. The molecule has 2 N–H and O–H groups in total. The molecule has 1 aromatic rings. The molecule has 3 saturated heterocycles. The summed E-state index contributed by atoms with van der Waals surface area (Å²) in [5.41, 5.74) is 6.30.